The molecule has 1 aliphatic carbocycles. The van der Waals surface area contributed by atoms with E-state index in [4.69, 9.17) is 9.47 Å². The van der Waals surface area contributed by atoms with Gasteiger partial charge in [0.2, 0.25) is 5.82 Å². The second-order valence-corrected chi connectivity index (χ2v) is 5.31. The van der Waals surface area contributed by atoms with Gasteiger partial charge in [-0.1, -0.05) is 19.8 Å². The Morgan fingerprint density at radius 3 is 2.68 bits per heavy atom. The lowest BCUT2D eigenvalue weighted by Crippen LogP contribution is -2.18. The van der Waals surface area contributed by atoms with E-state index < -0.39 is 4.92 Å². The van der Waals surface area contributed by atoms with Crippen LogP contribution in [-0.4, -0.2) is 34.6 Å². The van der Waals surface area contributed by atoms with Gasteiger partial charge in [0, 0.05) is 13.2 Å². The Labute approximate surface area is 129 Å². The Morgan fingerprint density at radius 2 is 2.09 bits per heavy atom. The first-order valence-corrected chi connectivity index (χ1v) is 7.59. The largest absolute Gasteiger partial charge is 0.473 e. The summed E-state index contributed by atoms with van der Waals surface area (Å²) in [5, 5.41) is 14.6. The highest BCUT2D eigenvalue weighted by Crippen LogP contribution is 2.34. The molecule has 1 aliphatic rings. The first-order valence-electron chi connectivity index (χ1n) is 7.59. The maximum atomic E-state index is 11.4. The number of rotatable bonds is 8. The lowest BCUT2D eigenvalue weighted by atomic mass is 10.2. The van der Waals surface area contributed by atoms with Crippen LogP contribution in [-0.2, 0) is 11.3 Å². The molecule has 2 rings (SSSR count). The van der Waals surface area contributed by atoms with E-state index in [9.17, 15) is 10.1 Å². The second-order valence-electron chi connectivity index (χ2n) is 5.31. The summed E-state index contributed by atoms with van der Waals surface area (Å²) in [5.41, 5.74) is -0.194. The van der Waals surface area contributed by atoms with Gasteiger partial charge in [0.15, 0.2) is 5.82 Å². The summed E-state index contributed by atoms with van der Waals surface area (Å²) in [6.07, 6.45) is 4.98. The van der Waals surface area contributed by atoms with Gasteiger partial charge in [0.25, 0.3) is 5.88 Å². The molecule has 1 aromatic heterocycles. The van der Waals surface area contributed by atoms with Crippen LogP contribution in [0.15, 0.2) is 0 Å². The summed E-state index contributed by atoms with van der Waals surface area (Å²) < 4.78 is 10.5. The van der Waals surface area contributed by atoms with E-state index in [2.05, 4.69) is 15.3 Å². The van der Waals surface area contributed by atoms with Crippen molar-refractivity contribution in [3.63, 3.8) is 0 Å². The van der Waals surface area contributed by atoms with Gasteiger partial charge < -0.3 is 14.8 Å². The lowest BCUT2D eigenvalue weighted by molar-refractivity contribution is -0.385. The van der Waals surface area contributed by atoms with E-state index in [1.807, 2.05) is 6.92 Å². The molecule has 22 heavy (non-hydrogen) atoms. The standard InChI is InChI=1S/C14H22N4O4/c1-3-8-22-14-12(18(19)20)13(15-10-6-4-5-7-10)16-11(17-14)9-21-2/h10H,3-9H2,1-2H3,(H,15,16,17). The van der Waals surface area contributed by atoms with Crippen molar-refractivity contribution in [3.8, 4) is 5.88 Å². The van der Waals surface area contributed by atoms with Gasteiger partial charge >= 0.3 is 5.69 Å². The molecule has 0 unspecified atom stereocenters. The van der Waals surface area contributed by atoms with Gasteiger partial charge in [-0.05, 0) is 19.3 Å². The molecule has 0 aliphatic heterocycles. The normalized spacial score (nSPS) is 15.0. The Hall–Kier alpha value is -1.96. The van der Waals surface area contributed by atoms with E-state index in [0.29, 0.717) is 12.4 Å². The summed E-state index contributed by atoms with van der Waals surface area (Å²) >= 11 is 0. The van der Waals surface area contributed by atoms with Crippen LogP contribution in [0.2, 0.25) is 0 Å². The molecular formula is C14H22N4O4. The molecule has 8 heteroatoms. The average Bonchev–Trinajstić information content (AvgIpc) is 2.97. The van der Waals surface area contributed by atoms with Gasteiger partial charge in [-0.25, -0.2) is 4.98 Å². The molecule has 1 N–H and O–H groups in total. The first kappa shape index (κ1) is 16.4. The zero-order valence-corrected chi connectivity index (χ0v) is 13.0. The predicted molar refractivity (Wildman–Crippen MR) is 81.1 cm³/mol. The number of ether oxygens (including phenoxy) is 2. The highest BCUT2D eigenvalue weighted by molar-refractivity contribution is 5.62. The molecule has 8 nitrogen and oxygen atoms in total. The topological polar surface area (TPSA) is 99.4 Å². The smallest absolute Gasteiger partial charge is 0.372 e. The van der Waals surface area contributed by atoms with Crippen molar-refractivity contribution in [2.45, 2.75) is 51.7 Å². The fourth-order valence-electron chi connectivity index (χ4n) is 2.50. The molecular weight excluding hydrogens is 288 g/mol. The van der Waals surface area contributed by atoms with Crippen molar-refractivity contribution in [1.29, 1.82) is 0 Å². The van der Waals surface area contributed by atoms with Crippen molar-refractivity contribution in [1.82, 2.24) is 9.97 Å². The monoisotopic (exact) mass is 310 g/mol. The summed E-state index contributed by atoms with van der Waals surface area (Å²) in [4.78, 5) is 19.3. The van der Waals surface area contributed by atoms with E-state index in [0.717, 1.165) is 32.1 Å². The van der Waals surface area contributed by atoms with E-state index in [-0.39, 0.29) is 30.0 Å². The maximum Gasteiger partial charge on any atom is 0.372 e. The Morgan fingerprint density at radius 1 is 1.36 bits per heavy atom. The molecule has 0 spiro atoms. The number of nitrogens with one attached hydrogen (secondary N) is 1. The lowest BCUT2D eigenvalue weighted by Gasteiger charge is -2.15. The molecule has 0 amide bonds. The number of nitrogens with zero attached hydrogens (tertiary/aromatic N) is 3. The number of methoxy groups -OCH3 is 1. The van der Waals surface area contributed by atoms with Gasteiger partial charge in [-0.2, -0.15) is 4.98 Å². The molecule has 122 valence electrons. The number of hydrogen-bond acceptors (Lipinski definition) is 7. The number of hydrogen-bond donors (Lipinski definition) is 1. The highest BCUT2D eigenvalue weighted by Gasteiger charge is 2.28. The van der Waals surface area contributed by atoms with Crippen molar-refractivity contribution >= 4 is 11.5 Å². The SMILES string of the molecule is CCCOc1nc(COC)nc(NC2CCCC2)c1[N+](=O)[O-]. The molecule has 0 atom stereocenters. The fourth-order valence-corrected chi connectivity index (χ4v) is 2.50. The quantitative estimate of drug-likeness (QED) is 0.582. The van der Waals surface area contributed by atoms with Crippen LogP contribution in [0.5, 0.6) is 5.88 Å². The van der Waals surface area contributed by atoms with Crippen LogP contribution < -0.4 is 10.1 Å². The summed E-state index contributed by atoms with van der Waals surface area (Å²) in [6.45, 7) is 2.48. The van der Waals surface area contributed by atoms with Crippen LogP contribution >= 0.6 is 0 Å². The van der Waals surface area contributed by atoms with Gasteiger partial charge in [-0.3, -0.25) is 10.1 Å². The number of aromatic nitrogens is 2. The van der Waals surface area contributed by atoms with E-state index in [1.54, 1.807) is 0 Å². The third-order valence-corrected chi connectivity index (χ3v) is 3.49. The average molecular weight is 310 g/mol. The third kappa shape index (κ3) is 4.03. The van der Waals surface area contributed by atoms with Crippen LogP contribution in [0, 0.1) is 10.1 Å². The second kappa shape index (κ2) is 7.88. The molecule has 0 bridgehead atoms. The molecule has 0 saturated heterocycles. The Bertz CT molecular complexity index is 518. The Balaban J connectivity index is 2.36. The van der Waals surface area contributed by atoms with E-state index >= 15 is 0 Å². The molecule has 0 aromatic carbocycles. The van der Waals surface area contributed by atoms with Crippen LogP contribution in [0.25, 0.3) is 0 Å². The van der Waals surface area contributed by atoms with Crippen molar-refractivity contribution in [3.05, 3.63) is 15.9 Å². The minimum Gasteiger partial charge on any atom is -0.473 e. The Kier molecular flexibility index (Phi) is 5.88. The van der Waals surface area contributed by atoms with Crippen molar-refractivity contribution in [2.24, 2.45) is 0 Å². The van der Waals surface area contributed by atoms with Gasteiger partial charge in [0.05, 0.1) is 11.5 Å². The fraction of sp³-hybridized carbons (Fsp3) is 0.714. The minimum atomic E-state index is -0.487. The predicted octanol–water partition coefficient (Wildman–Crippen LogP) is 2.67. The van der Waals surface area contributed by atoms with Crippen LogP contribution in [0.4, 0.5) is 11.5 Å². The van der Waals surface area contributed by atoms with Gasteiger partial charge in [-0.15, -0.1) is 0 Å². The molecule has 1 aromatic rings. The zero-order valence-electron chi connectivity index (χ0n) is 13.0. The van der Waals surface area contributed by atoms with Crippen molar-refractivity contribution < 1.29 is 14.4 Å². The van der Waals surface area contributed by atoms with Crippen molar-refractivity contribution in [2.75, 3.05) is 19.0 Å². The van der Waals surface area contributed by atoms with Crippen LogP contribution in [0.1, 0.15) is 44.9 Å². The molecule has 1 heterocycles. The number of nitro groups is 1. The summed E-state index contributed by atoms with van der Waals surface area (Å²) in [7, 11) is 1.53. The molecule has 0 radical (unpaired) electrons. The minimum absolute atomic E-state index is 0.00870. The summed E-state index contributed by atoms with van der Waals surface area (Å²) in [5.74, 6) is 0.610. The van der Waals surface area contributed by atoms with Gasteiger partial charge in [0.1, 0.15) is 6.61 Å². The van der Waals surface area contributed by atoms with E-state index in [1.165, 1.54) is 7.11 Å². The van der Waals surface area contributed by atoms with Crippen LogP contribution in [0.3, 0.4) is 0 Å². The molecule has 1 fully saturated rings. The first-order chi connectivity index (χ1) is 10.7. The third-order valence-electron chi connectivity index (χ3n) is 3.49. The zero-order chi connectivity index (χ0) is 15.9. The maximum absolute atomic E-state index is 11.4. The molecule has 1 saturated carbocycles. The number of anilines is 1. The summed E-state index contributed by atoms with van der Waals surface area (Å²) in [6, 6.07) is 0.211. The highest BCUT2D eigenvalue weighted by atomic mass is 16.6.